The molecule has 0 aliphatic rings. The molecule has 0 saturated heterocycles. The summed E-state index contributed by atoms with van der Waals surface area (Å²) >= 11 is 5.73. The number of hydrogen-bond donors (Lipinski definition) is 0. The molecular formula is C16H16ClO2P. The second kappa shape index (κ2) is 5.95. The number of benzene rings is 2. The Morgan fingerprint density at radius 1 is 0.950 bits per heavy atom. The molecule has 0 fully saturated rings. The van der Waals surface area contributed by atoms with Gasteiger partial charge in [0.1, 0.15) is 0 Å². The fourth-order valence-electron chi connectivity index (χ4n) is 2.20. The Bertz CT molecular complexity index is 708. The average Bonchev–Trinajstić information content (AvgIpc) is 2.44. The minimum atomic E-state index is -2.42. The summed E-state index contributed by atoms with van der Waals surface area (Å²) < 4.78 is 11.6. The molecular weight excluding hydrogens is 291 g/mol. The minimum Gasteiger partial charge on any atom is -0.305 e. The van der Waals surface area contributed by atoms with E-state index in [9.17, 15) is 9.36 Å². The number of ketones is 1. The third-order valence-corrected chi connectivity index (χ3v) is 5.16. The third kappa shape index (κ3) is 2.72. The van der Waals surface area contributed by atoms with E-state index in [1.807, 2.05) is 32.9 Å². The molecule has 0 radical (unpaired) electrons. The quantitative estimate of drug-likeness (QED) is 0.629. The van der Waals surface area contributed by atoms with Crippen LogP contribution in [0.5, 0.6) is 0 Å². The highest BCUT2D eigenvalue weighted by atomic mass is 35.7. The van der Waals surface area contributed by atoms with E-state index in [2.05, 4.69) is 0 Å². The number of carbonyl (C=O) groups is 1. The molecule has 104 valence electrons. The van der Waals surface area contributed by atoms with Crippen LogP contribution in [0.2, 0.25) is 0 Å². The molecule has 2 nitrogen and oxygen atoms in total. The van der Waals surface area contributed by atoms with Crippen LogP contribution in [-0.4, -0.2) is 5.78 Å². The first kappa shape index (κ1) is 15.0. The molecule has 2 rings (SSSR count). The Morgan fingerprint density at radius 2 is 1.60 bits per heavy atom. The van der Waals surface area contributed by atoms with Crippen LogP contribution in [0.4, 0.5) is 0 Å². The lowest BCUT2D eigenvalue weighted by Crippen LogP contribution is -2.14. The lowest BCUT2D eigenvalue weighted by molar-refractivity contribution is 0.103. The molecule has 1 atom stereocenters. The van der Waals surface area contributed by atoms with E-state index in [1.54, 1.807) is 24.3 Å². The number of hydrogen-bond acceptors (Lipinski definition) is 2. The van der Waals surface area contributed by atoms with Gasteiger partial charge in [-0.15, -0.1) is 0 Å². The normalized spacial score (nSPS) is 12.2. The molecule has 0 aromatic heterocycles. The second-order valence-electron chi connectivity index (χ2n) is 4.83. The summed E-state index contributed by atoms with van der Waals surface area (Å²) in [6, 6.07) is 10.6. The maximum atomic E-state index is 12.7. The molecule has 0 saturated carbocycles. The van der Waals surface area contributed by atoms with Crippen LogP contribution < -0.4 is 5.30 Å². The van der Waals surface area contributed by atoms with Crippen molar-refractivity contribution >= 4 is 29.5 Å². The summed E-state index contributed by atoms with van der Waals surface area (Å²) in [7, 11) is -2.42. The van der Waals surface area contributed by atoms with Crippen molar-refractivity contribution < 1.29 is 9.36 Å². The first-order chi connectivity index (χ1) is 9.43. The predicted molar refractivity (Wildman–Crippen MR) is 85.0 cm³/mol. The van der Waals surface area contributed by atoms with Gasteiger partial charge in [-0.05, 0) is 43.5 Å². The standard InChI is InChI=1S/C16H16ClO2P/c1-10-8-9-13(12(3)11(10)2)16(18)14-6-4-5-7-15(14)20(17)19/h4-9,20H,1-3H3. The number of halogens is 1. The lowest BCUT2D eigenvalue weighted by Gasteiger charge is -2.12. The van der Waals surface area contributed by atoms with E-state index >= 15 is 0 Å². The van der Waals surface area contributed by atoms with Gasteiger partial charge in [0.2, 0.25) is 0 Å². The van der Waals surface area contributed by atoms with Crippen LogP contribution >= 0.6 is 18.4 Å². The molecule has 2 aromatic rings. The largest absolute Gasteiger partial charge is 0.305 e. The zero-order valence-corrected chi connectivity index (χ0v) is 13.4. The Hall–Kier alpha value is -1.37. The molecule has 0 amide bonds. The lowest BCUT2D eigenvalue weighted by atomic mass is 9.93. The van der Waals surface area contributed by atoms with Gasteiger partial charge in [-0.1, -0.05) is 41.6 Å². The first-order valence-corrected chi connectivity index (χ1v) is 8.76. The van der Waals surface area contributed by atoms with Crippen LogP contribution in [0.15, 0.2) is 36.4 Å². The Morgan fingerprint density at radius 3 is 2.25 bits per heavy atom. The van der Waals surface area contributed by atoms with Crippen LogP contribution in [0, 0.1) is 20.8 Å². The van der Waals surface area contributed by atoms with Gasteiger partial charge < -0.3 is 4.57 Å². The van der Waals surface area contributed by atoms with Gasteiger partial charge in [-0.25, -0.2) is 0 Å². The Balaban J connectivity index is 2.58. The molecule has 0 heterocycles. The van der Waals surface area contributed by atoms with Gasteiger partial charge >= 0.3 is 0 Å². The van der Waals surface area contributed by atoms with E-state index in [4.69, 9.17) is 11.2 Å². The SMILES string of the molecule is Cc1ccc(C(=O)c2ccccc2[PH](=O)Cl)c(C)c1C. The van der Waals surface area contributed by atoms with Gasteiger partial charge in [-0.3, -0.25) is 4.79 Å². The molecule has 0 spiro atoms. The average molecular weight is 307 g/mol. The zero-order valence-electron chi connectivity index (χ0n) is 11.7. The summed E-state index contributed by atoms with van der Waals surface area (Å²) in [6.07, 6.45) is 0. The van der Waals surface area contributed by atoms with Crippen LogP contribution in [-0.2, 0) is 4.57 Å². The third-order valence-electron chi connectivity index (χ3n) is 3.69. The van der Waals surface area contributed by atoms with Crippen LogP contribution in [0.1, 0.15) is 32.6 Å². The first-order valence-electron chi connectivity index (χ1n) is 6.34. The van der Waals surface area contributed by atoms with Crippen molar-refractivity contribution in [3.05, 3.63) is 64.2 Å². The van der Waals surface area contributed by atoms with Gasteiger partial charge in [0.05, 0.1) is 0 Å². The monoisotopic (exact) mass is 306 g/mol. The second-order valence-corrected chi connectivity index (χ2v) is 6.94. The maximum absolute atomic E-state index is 12.7. The molecule has 0 aliphatic heterocycles. The van der Waals surface area contributed by atoms with E-state index < -0.39 is 7.15 Å². The Labute approximate surface area is 124 Å². The molecule has 0 bridgehead atoms. The van der Waals surface area contributed by atoms with E-state index in [1.165, 1.54) is 0 Å². The van der Waals surface area contributed by atoms with Crippen molar-refractivity contribution in [3.8, 4) is 0 Å². The summed E-state index contributed by atoms with van der Waals surface area (Å²) in [5.41, 5.74) is 4.28. The van der Waals surface area contributed by atoms with Gasteiger partial charge in [0.15, 0.2) is 12.9 Å². The van der Waals surface area contributed by atoms with Gasteiger partial charge in [0.25, 0.3) is 0 Å². The van der Waals surface area contributed by atoms with Crippen molar-refractivity contribution in [2.75, 3.05) is 0 Å². The van der Waals surface area contributed by atoms with Gasteiger partial charge in [0, 0.05) is 16.4 Å². The fraction of sp³-hybridized carbons (Fsp3) is 0.188. The number of aryl methyl sites for hydroxylation is 1. The Kier molecular flexibility index (Phi) is 4.47. The van der Waals surface area contributed by atoms with Crippen molar-refractivity contribution in [2.45, 2.75) is 20.8 Å². The van der Waals surface area contributed by atoms with Crippen LogP contribution in [0.3, 0.4) is 0 Å². The highest BCUT2D eigenvalue weighted by Crippen LogP contribution is 2.29. The summed E-state index contributed by atoms with van der Waals surface area (Å²) in [5.74, 6) is -0.125. The van der Waals surface area contributed by atoms with E-state index in [-0.39, 0.29) is 5.78 Å². The van der Waals surface area contributed by atoms with Crippen molar-refractivity contribution in [2.24, 2.45) is 0 Å². The van der Waals surface area contributed by atoms with Gasteiger partial charge in [-0.2, -0.15) is 0 Å². The highest BCUT2D eigenvalue weighted by molar-refractivity contribution is 7.80. The van der Waals surface area contributed by atoms with E-state index in [0.29, 0.717) is 16.4 Å². The summed E-state index contributed by atoms with van der Waals surface area (Å²) in [6.45, 7) is 5.95. The molecule has 0 N–H and O–H groups in total. The molecule has 0 aliphatic carbocycles. The predicted octanol–water partition coefficient (Wildman–Crippen LogP) is 4.18. The number of carbonyl (C=O) groups excluding carboxylic acids is 1. The maximum Gasteiger partial charge on any atom is 0.194 e. The van der Waals surface area contributed by atoms with Crippen molar-refractivity contribution in [3.63, 3.8) is 0 Å². The number of rotatable bonds is 3. The molecule has 4 heteroatoms. The summed E-state index contributed by atoms with van der Waals surface area (Å²) in [4.78, 5) is 12.7. The molecule has 20 heavy (non-hydrogen) atoms. The zero-order chi connectivity index (χ0) is 14.9. The van der Waals surface area contributed by atoms with E-state index in [0.717, 1.165) is 16.7 Å². The summed E-state index contributed by atoms with van der Waals surface area (Å²) in [5, 5.41) is 0.432. The highest BCUT2D eigenvalue weighted by Gasteiger charge is 2.18. The smallest absolute Gasteiger partial charge is 0.194 e. The fourth-order valence-corrected chi connectivity index (χ4v) is 3.33. The molecule has 2 aromatic carbocycles. The van der Waals surface area contributed by atoms with Crippen molar-refractivity contribution in [1.82, 2.24) is 0 Å². The molecule has 1 unspecified atom stereocenters. The topological polar surface area (TPSA) is 34.1 Å². The van der Waals surface area contributed by atoms with Crippen LogP contribution in [0.25, 0.3) is 0 Å². The minimum absolute atomic E-state index is 0.125. The van der Waals surface area contributed by atoms with Crippen molar-refractivity contribution in [1.29, 1.82) is 0 Å².